The van der Waals surface area contributed by atoms with Crippen molar-refractivity contribution < 1.29 is 0 Å². The van der Waals surface area contributed by atoms with Gasteiger partial charge in [0.2, 0.25) is 6.69 Å². The molecular formula is C10H24Cl2Si2. The number of rotatable bonds is 7. The van der Waals surface area contributed by atoms with Gasteiger partial charge in [-0.3, -0.25) is 0 Å². The van der Waals surface area contributed by atoms with E-state index in [1.54, 1.807) is 0 Å². The molecule has 0 radical (unpaired) electrons. The van der Waals surface area contributed by atoms with Crippen molar-refractivity contribution >= 4 is 36.9 Å². The first-order valence-corrected chi connectivity index (χ1v) is 13.8. The van der Waals surface area contributed by atoms with Crippen LogP contribution >= 0.6 is 22.2 Å². The third kappa shape index (κ3) is 9.56. The molecule has 0 heterocycles. The van der Waals surface area contributed by atoms with Crippen molar-refractivity contribution in [2.24, 2.45) is 0 Å². The summed E-state index contributed by atoms with van der Waals surface area (Å²) < 4.78 is 0. The van der Waals surface area contributed by atoms with Gasteiger partial charge in [0, 0.05) is 8.07 Å². The van der Waals surface area contributed by atoms with Crippen LogP contribution in [0.3, 0.4) is 0 Å². The normalized spacial score (nSPS) is 13.3. The zero-order valence-electron chi connectivity index (χ0n) is 10.00. The lowest BCUT2D eigenvalue weighted by atomic mass is 10.2. The molecule has 0 aliphatic carbocycles. The van der Waals surface area contributed by atoms with E-state index < -0.39 is 14.8 Å². The average Bonchev–Trinajstić information content (AvgIpc) is 1.93. The molecule has 0 spiro atoms. The molecule has 0 atom stereocenters. The number of halogens is 2. The van der Waals surface area contributed by atoms with Crippen molar-refractivity contribution in [3.05, 3.63) is 0 Å². The Morgan fingerprint density at radius 2 is 1.50 bits per heavy atom. The van der Waals surface area contributed by atoms with Gasteiger partial charge in [0.05, 0.1) is 0 Å². The van der Waals surface area contributed by atoms with Gasteiger partial charge in [0.15, 0.2) is 0 Å². The van der Waals surface area contributed by atoms with Gasteiger partial charge in [-0.2, -0.15) is 0 Å². The predicted octanol–water partition coefficient (Wildman–Crippen LogP) is 5.36. The maximum absolute atomic E-state index is 6.44. The Bertz CT molecular complexity index is 153. The van der Waals surface area contributed by atoms with Gasteiger partial charge >= 0.3 is 0 Å². The molecule has 0 unspecified atom stereocenters. The van der Waals surface area contributed by atoms with Crippen LogP contribution in [-0.4, -0.2) is 14.8 Å². The summed E-state index contributed by atoms with van der Waals surface area (Å²) in [5.74, 6) is 0. The van der Waals surface area contributed by atoms with Gasteiger partial charge in [-0.1, -0.05) is 52.2 Å². The maximum Gasteiger partial charge on any atom is 0.248 e. The molecule has 0 nitrogen and oxygen atoms in total. The summed E-state index contributed by atoms with van der Waals surface area (Å²) in [7, 11) is -1.06. The predicted molar refractivity (Wildman–Crippen MR) is 74.6 cm³/mol. The summed E-state index contributed by atoms with van der Waals surface area (Å²) in [6, 6.07) is 1.10. The summed E-state index contributed by atoms with van der Waals surface area (Å²) in [5, 5.41) is 0. The third-order valence-corrected chi connectivity index (χ3v) is 13.1. The summed E-state index contributed by atoms with van der Waals surface area (Å²) in [5.41, 5.74) is 1.15. The molecule has 0 saturated heterocycles. The Hall–Kier alpha value is 1.01. The van der Waals surface area contributed by atoms with E-state index in [1.807, 2.05) is 0 Å². The Morgan fingerprint density at radius 1 is 0.929 bits per heavy atom. The molecule has 0 amide bonds. The van der Waals surface area contributed by atoms with Crippen LogP contribution in [-0.2, 0) is 0 Å². The first-order chi connectivity index (χ1) is 6.27. The topological polar surface area (TPSA) is 0 Å². The van der Waals surface area contributed by atoms with E-state index in [0.29, 0.717) is 0 Å². The molecule has 0 aromatic carbocycles. The number of unbranched alkanes of at least 4 members (excludes halogenated alkanes) is 3. The van der Waals surface area contributed by atoms with Crippen molar-refractivity contribution in [2.45, 2.75) is 64.0 Å². The molecule has 0 aromatic heterocycles. The summed E-state index contributed by atoms with van der Waals surface area (Å²) in [6.45, 7) is 7.41. The average molecular weight is 271 g/mol. The first kappa shape index (κ1) is 15.0. The fourth-order valence-electron chi connectivity index (χ4n) is 1.67. The number of hydrogen-bond acceptors (Lipinski definition) is 0. The molecular weight excluding hydrogens is 247 g/mol. The second-order valence-electron chi connectivity index (χ2n) is 5.40. The zero-order chi connectivity index (χ0) is 11.2. The summed E-state index contributed by atoms with van der Waals surface area (Å²) >= 11 is 12.9. The SMILES string of the molecule is CCCCCC[Si](Cl)(Cl)C[Si](C)(C)C. The van der Waals surface area contributed by atoms with Crippen LogP contribution in [0.5, 0.6) is 0 Å². The lowest BCUT2D eigenvalue weighted by Gasteiger charge is -2.24. The van der Waals surface area contributed by atoms with Gasteiger partial charge < -0.3 is 0 Å². The van der Waals surface area contributed by atoms with E-state index in [4.69, 9.17) is 22.2 Å². The highest BCUT2D eigenvalue weighted by atomic mass is 35.7. The molecule has 0 aliphatic heterocycles. The fourth-order valence-corrected chi connectivity index (χ4v) is 17.4. The van der Waals surface area contributed by atoms with Gasteiger partial charge in [0.25, 0.3) is 0 Å². The van der Waals surface area contributed by atoms with E-state index >= 15 is 0 Å². The third-order valence-electron chi connectivity index (χ3n) is 2.19. The molecule has 0 bridgehead atoms. The standard InChI is InChI=1S/C10H24Cl2Si2/c1-5-6-7-8-9-14(11,12)10-13(2,3)4/h5-10H2,1-4H3. The van der Waals surface area contributed by atoms with E-state index in [1.165, 1.54) is 25.7 Å². The van der Waals surface area contributed by atoms with Crippen molar-refractivity contribution in [1.82, 2.24) is 0 Å². The Kier molecular flexibility index (Phi) is 7.04. The minimum atomic E-state index is -1.88. The van der Waals surface area contributed by atoms with Gasteiger partial charge in [-0.25, -0.2) is 0 Å². The minimum absolute atomic E-state index is 1.06. The highest BCUT2D eigenvalue weighted by molar-refractivity contribution is 7.47. The quantitative estimate of drug-likeness (QED) is 0.332. The smallest absolute Gasteiger partial charge is 0.146 e. The van der Waals surface area contributed by atoms with E-state index in [2.05, 4.69) is 26.6 Å². The second-order valence-corrected chi connectivity index (χ2v) is 19.1. The minimum Gasteiger partial charge on any atom is -0.146 e. The van der Waals surface area contributed by atoms with Gasteiger partial charge in [-0.15, -0.1) is 22.2 Å². The molecule has 14 heavy (non-hydrogen) atoms. The van der Waals surface area contributed by atoms with Crippen LogP contribution in [0.2, 0.25) is 31.4 Å². The second kappa shape index (κ2) is 6.56. The largest absolute Gasteiger partial charge is 0.248 e. The van der Waals surface area contributed by atoms with Gasteiger partial charge in [-0.05, 0) is 11.7 Å². The fraction of sp³-hybridized carbons (Fsp3) is 1.00. The van der Waals surface area contributed by atoms with Crippen LogP contribution in [0.25, 0.3) is 0 Å². The van der Waals surface area contributed by atoms with E-state index in [0.717, 1.165) is 11.7 Å². The van der Waals surface area contributed by atoms with Gasteiger partial charge in [0.1, 0.15) is 0 Å². The lowest BCUT2D eigenvalue weighted by Crippen LogP contribution is -2.33. The zero-order valence-corrected chi connectivity index (χ0v) is 13.5. The van der Waals surface area contributed by atoms with Crippen molar-refractivity contribution in [3.63, 3.8) is 0 Å². The molecule has 0 fully saturated rings. The van der Waals surface area contributed by atoms with Crippen LogP contribution < -0.4 is 0 Å². The number of hydrogen-bond donors (Lipinski definition) is 0. The van der Waals surface area contributed by atoms with Crippen LogP contribution in [0, 0.1) is 0 Å². The Balaban J connectivity index is 3.72. The van der Waals surface area contributed by atoms with Crippen molar-refractivity contribution in [1.29, 1.82) is 0 Å². The molecule has 0 rings (SSSR count). The molecule has 86 valence electrons. The molecule has 0 aromatic rings. The van der Waals surface area contributed by atoms with E-state index in [9.17, 15) is 0 Å². The Morgan fingerprint density at radius 3 is 1.93 bits per heavy atom. The monoisotopic (exact) mass is 270 g/mol. The summed E-state index contributed by atoms with van der Waals surface area (Å²) in [4.78, 5) is 0. The van der Waals surface area contributed by atoms with Crippen LogP contribution in [0.4, 0.5) is 0 Å². The highest BCUT2D eigenvalue weighted by Gasteiger charge is 2.33. The molecule has 0 saturated carbocycles. The summed E-state index contributed by atoms with van der Waals surface area (Å²) in [6.07, 6.45) is 5.15. The Labute approximate surface area is 101 Å². The van der Waals surface area contributed by atoms with Crippen LogP contribution in [0.1, 0.15) is 32.6 Å². The van der Waals surface area contributed by atoms with Crippen molar-refractivity contribution in [3.8, 4) is 0 Å². The van der Waals surface area contributed by atoms with E-state index in [-0.39, 0.29) is 0 Å². The van der Waals surface area contributed by atoms with Crippen LogP contribution in [0.15, 0.2) is 0 Å². The molecule has 4 heteroatoms. The highest BCUT2D eigenvalue weighted by Crippen LogP contribution is 2.32. The first-order valence-electron chi connectivity index (χ1n) is 5.65. The maximum atomic E-state index is 6.44. The molecule has 0 N–H and O–H groups in total. The van der Waals surface area contributed by atoms with Crippen molar-refractivity contribution in [2.75, 3.05) is 0 Å². The molecule has 0 aliphatic rings. The lowest BCUT2D eigenvalue weighted by molar-refractivity contribution is 0.699.